The van der Waals surface area contributed by atoms with E-state index in [1.165, 1.54) is 0 Å². The summed E-state index contributed by atoms with van der Waals surface area (Å²) < 4.78 is 10.9. The van der Waals surface area contributed by atoms with Gasteiger partial charge in [-0.3, -0.25) is 0 Å². The number of nitrogens with one attached hydrogen (secondary N) is 1. The molecule has 1 aromatic heterocycles. The maximum absolute atomic E-state index is 8.94. The zero-order chi connectivity index (χ0) is 12.8. The summed E-state index contributed by atoms with van der Waals surface area (Å²) in [6, 6.07) is 5.83. The number of rotatable bonds is 5. The lowest BCUT2D eigenvalue weighted by molar-refractivity contribution is -0.0159. The van der Waals surface area contributed by atoms with Gasteiger partial charge in [0.05, 0.1) is 6.61 Å². The first kappa shape index (κ1) is 13.0. The summed E-state index contributed by atoms with van der Waals surface area (Å²) in [6.07, 6.45) is 2.53. The van der Waals surface area contributed by atoms with Crippen LogP contribution in [0.25, 0.3) is 0 Å². The first-order chi connectivity index (χ1) is 8.79. The molecule has 18 heavy (non-hydrogen) atoms. The second kappa shape index (κ2) is 5.91. The van der Waals surface area contributed by atoms with E-state index < -0.39 is 0 Å². The second-order valence-electron chi connectivity index (χ2n) is 4.42. The van der Waals surface area contributed by atoms with Crippen molar-refractivity contribution in [2.45, 2.75) is 18.6 Å². The quantitative estimate of drug-likeness (QED) is 0.835. The van der Waals surface area contributed by atoms with Crippen molar-refractivity contribution >= 4 is 0 Å². The molecule has 1 fully saturated rings. The van der Waals surface area contributed by atoms with Gasteiger partial charge in [0.2, 0.25) is 0 Å². The highest BCUT2D eigenvalue weighted by Gasteiger charge is 2.34. The number of aromatic nitrogens is 1. The standard InChI is InChI=1S/C13H17N3O2/c1-17-13(4-6-18-10-13)9-15-8-11-3-2-5-16-12(11)7-14/h2-3,5,15H,4,6,8-10H2,1H3. The molecule has 5 nitrogen and oxygen atoms in total. The van der Waals surface area contributed by atoms with Crippen LogP contribution in [0.5, 0.6) is 0 Å². The van der Waals surface area contributed by atoms with Crippen molar-refractivity contribution in [2.75, 3.05) is 26.9 Å². The largest absolute Gasteiger partial charge is 0.378 e. The zero-order valence-electron chi connectivity index (χ0n) is 10.5. The van der Waals surface area contributed by atoms with E-state index in [-0.39, 0.29) is 5.60 Å². The average Bonchev–Trinajstić information content (AvgIpc) is 2.89. The minimum atomic E-state index is -0.227. The molecule has 1 aliphatic heterocycles. The Hall–Kier alpha value is -1.48. The van der Waals surface area contributed by atoms with Crippen LogP contribution in [0.4, 0.5) is 0 Å². The Morgan fingerprint density at radius 2 is 2.56 bits per heavy atom. The van der Waals surface area contributed by atoms with E-state index in [9.17, 15) is 0 Å². The normalized spacial score (nSPS) is 22.9. The predicted octanol–water partition coefficient (Wildman–Crippen LogP) is 0.848. The van der Waals surface area contributed by atoms with Crippen LogP contribution in [0.15, 0.2) is 18.3 Å². The minimum Gasteiger partial charge on any atom is -0.378 e. The molecule has 0 radical (unpaired) electrons. The van der Waals surface area contributed by atoms with E-state index in [2.05, 4.69) is 16.4 Å². The molecular formula is C13H17N3O2. The van der Waals surface area contributed by atoms with Gasteiger partial charge in [-0.1, -0.05) is 6.07 Å². The summed E-state index contributed by atoms with van der Waals surface area (Å²) in [5, 5.41) is 12.3. The van der Waals surface area contributed by atoms with Crippen molar-refractivity contribution in [1.82, 2.24) is 10.3 Å². The van der Waals surface area contributed by atoms with Gasteiger partial charge in [-0.2, -0.15) is 5.26 Å². The molecule has 0 aromatic carbocycles. The fourth-order valence-corrected chi connectivity index (χ4v) is 2.07. The molecule has 0 amide bonds. The van der Waals surface area contributed by atoms with Crippen molar-refractivity contribution in [3.05, 3.63) is 29.6 Å². The van der Waals surface area contributed by atoms with Crippen molar-refractivity contribution < 1.29 is 9.47 Å². The van der Waals surface area contributed by atoms with Gasteiger partial charge in [0.25, 0.3) is 0 Å². The maximum Gasteiger partial charge on any atom is 0.144 e. The molecule has 5 heteroatoms. The molecule has 0 bridgehead atoms. The number of hydrogen-bond acceptors (Lipinski definition) is 5. The molecule has 0 aliphatic carbocycles. The van der Waals surface area contributed by atoms with E-state index in [1.807, 2.05) is 12.1 Å². The maximum atomic E-state index is 8.94. The van der Waals surface area contributed by atoms with Gasteiger partial charge in [-0.25, -0.2) is 4.98 Å². The topological polar surface area (TPSA) is 67.2 Å². The summed E-state index contributed by atoms with van der Waals surface area (Å²) in [6.45, 7) is 2.69. The van der Waals surface area contributed by atoms with Crippen LogP contribution in [0.2, 0.25) is 0 Å². The van der Waals surface area contributed by atoms with E-state index in [4.69, 9.17) is 14.7 Å². The summed E-state index contributed by atoms with van der Waals surface area (Å²) in [5.74, 6) is 0. The van der Waals surface area contributed by atoms with Crippen LogP contribution in [-0.4, -0.2) is 37.5 Å². The molecule has 2 rings (SSSR count). The molecule has 1 unspecified atom stereocenters. The molecular weight excluding hydrogens is 230 g/mol. The predicted molar refractivity (Wildman–Crippen MR) is 65.8 cm³/mol. The summed E-state index contributed by atoms with van der Waals surface area (Å²) >= 11 is 0. The lowest BCUT2D eigenvalue weighted by atomic mass is 10.0. The SMILES string of the molecule is COC1(CNCc2cccnc2C#N)CCOC1. The molecule has 1 aliphatic rings. The Morgan fingerprint density at radius 3 is 3.22 bits per heavy atom. The van der Waals surface area contributed by atoms with Gasteiger partial charge in [0, 0.05) is 45.0 Å². The van der Waals surface area contributed by atoms with Crippen molar-refractivity contribution in [3.8, 4) is 6.07 Å². The van der Waals surface area contributed by atoms with Crippen LogP contribution >= 0.6 is 0 Å². The van der Waals surface area contributed by atoms with Gasteiger partial charge in [0.1, 0.15) is 17.4 Å². The van der Waals surface area contributed by atoms with E-state index in [0.29, 0.717) is 25.4 Å². The summed E-state index contributed by atoms with van der Waals surface area (Å²) in [7, 11) is 1.71. The highest BCUT2D eigenvalue weighted by atomic mass is 16.5. The smallest absolute Gasteiger partial charge is 0.144 e. The van der Waals surface area contributed by atoms with Crippen molar-refractivity contribution in [3.63, 3.8) is 0 Å². The monoisotopic (exact) mass is 247 g/mol. The molecule has 1 N–H and O–H groups in total. The fraction of sp³-hybridized carbons (Fsp3) is 0.538. The zero-order valence-corrected chi connectivity index (χ0v) is 10.5. The van der Waals surface area contributed by atoms with Crippen LogP contribution in [0.1, 0.15) is 17.7 Å². The van der Waals surface area contributed by atoms with Crippen LogP contribution in [-0.2, 0) is 16.0 Å². The Labute approximate surface area is 107 Å². The van der Waals surface area contributed by atoms with Gasteiger partial charge >= 0.3 is 0 Å². The van der Waals surface area contributed by atoms with E-state index >= 15 is 0 Å². The summed E-state index contributed by atoms with van der Waals surface area (Å²) in [4.78, 5) is 4.03. The Kier molecular flexibility index (Phi) is 4.26. The number of pyridine rings is 1. The fourth-order valence-electron chi connectivity index (χ4n) is 2.07. The Bertz CT molecular complexity index is 436. The highest BCUT2D eigenvalue weighted by Crippen LogP contribution is 2.21. The van der Waals surface area contributed by atoms with Crippen LogP contribution in [0.3, 0.4) is 0 Å². The number of nitriles is 1. The molecule has 0 spiro atoms. The van der Waals surface area contributed by atoms with Gasteiger partial charge in [-0.05, 0) is 6.07 Å². The average molecular weight is 247 g/mol. The van der Waals surface area contributed by atoms with Crippen LogP contribution < -0.4 is 5.32 Å². The van der Waals surface area contributed by atoms with Gasteiger partial charge < -0.3 is 14.8 Å². The highest BCUT2D eigenvalue weighted by molar-refractivity contribution is 5.30. The number of nitrogens with zero attached hydrogens (tertiary/aromatic N) is 2. The third-order valence-electron chi connectivity index (χ3n) is 3.26. The number of hydrogen-bond donors (Lipinski definition) is 1. The molecule has 0 saturated carbocycles. The van der Waals surface area contributed by atoms with E-state index in [1.54, 1.807) is 13.3 Å². The van der Waals surface area contributed by atoms with Gasteiger partial charge in [0.15, 0.2) is 0 Å². The molecule has 1 aromatic rings. The molecule has 96 valence electrons. The third kappa shape index (κ3) is 2.85. The van der Waals surface area contributed by atoms with Crippen molar-refractivity contribution in [2.24, 2.45) is 0 Å². The van der Waals surface area contributed by atoms with Crippen LogP contribution in [0, 0.1) is 11.3 Å². The molecule has 1 atom stereocenters. The number of ether oxygens (including phenoxy) is 2. The number of methoxy groups -OCH3 is 1. The first-order valence-corrected chi connectivity index (χ1v) is 5.97. The third-order valence-corrected chi connectivity index (χ3v) is 3.26. The minimum absolute atomic E-state index is 0.227. The second-order valence-corrected chi connectivity index (χ2v) is 4.42. The first-order valence-electron chi connectivity index (χ1n) is 5.97. The van der Waals surface area contributed by atoms with Gasteiger partial charge in [-0.15, -0.1) is 0 Å². The molecule has 1 saturated heterocycles. The lowest BCUT2D eigenvalue weighted by Crippen LogP contribution is -2.42. The Balaban J connectivity index is 1.90. The van der Waals surface area contributed by atoms with E-state index in [0.717, 1.165) is 18.6 Å². The Morgan fingerprint density at radius 1 is 1.67 bits per heavy atom. The summed E-state index contributed by atoms with van der Waals surface area (Å²) in [5.41, 5.74) is 1.15. The lowest BCUT2D eigenvalue weighted by Gasteiger charge is -2.26. The molecule has 2 heterocycles. The van der Waals surface area contributed by atoms with Crippen molar-refractivity contribution in [1.29, 1.82) is 5.26 Å².